The number of nitrogens with zero attached hydrogens (tertiary/aromatic N) is 3. The first kappa shape index (κ1) is 17.6. The Morgan fingerprint density at radius 1 is 1.33 bits per heavy atom. The molecule has 1 aromatic heterocycles. The quantitative estimate of drug-likeness (QED) is 0.284. The summed E-state index contributed by atoms with van der Waals surface area (Å²) in [4.78, 5) is 7.34. The minimum absolute atomic E-state index is 0.0494. The second kappa shape index (κ2) is 7.70. The molecule has 0 aliphatic rings. The fourth-order valence-electron chi connectivity index (χ4n) is 1.58. The predicted octanol–water partition coefficient (Wildman–Crippen LogP) is 3.37. The molecule has 0 fully saturated rings. The Labute approximate surface area is 140 Å². The summed E-state index contributed by atoms with van der Waals surface area (Å²) in [7, 11) is 0. The molecule has 0 atom stereocenters. The highest BCUT2D eigenvalue weighted by Gasteiger charge is 2.33. The van der Waals surface area contributed by atoms with Gasteiger partial charge in [0.2, 0.25) is 0 Å². The van der Waals surface area contributed by atoms with E-state index in [0.29, 0.717) is 5.56 Å². The lowest BCUT2D eigenvalue weighted by Crippen LogP contribution is -2.10. The van der Waals surface area contributed by atoms with E-state index in [1.807, 2.05) is 0 Å². The molecule has 0 amide bonds. The molecule has 0 bridgehead atoms. The third kappa shape index (κ3) is 5.17. The highest BCUT2D eigenvalue weighted by atomic mass is 32.2. The van der Waals surface area contributed by atoms with Crippen molar-refractivity contribution >= 4 is 23.8 Å². The van der Waals surface area contributed by atoms with Crippen LogP contribution in [0.4, 0.5) is 19.0 Å². The first-order chi connectivity index (χ1) is 11.4. The van der Waals surface area contributed by atoms with Crippen molar-refractivity contribution in [1.29, 1.82) is 0 Å². The normalized spacial score (nSPS) is 11.4. The Balaban J connectivity index is 2.20. The fourth-order valence-corrected chi connectivity index (χ4v) is 2.11. The van der Waals surface area contributed by atoms with Crippen LogP contribution in [0.3, 0.4) is 0 Å². The maximum Gasteiger partial charge on any atom is 0.433 e. The second-order valence-corrected chi connectivity index (χ2v) is 5.32. The molecule has 0 radical (unpaired) electrons. The Hall–Kier alpha value is -2.73. The molecule has 2 aromatic rings. The van der Waals surface area contributed by atoms with Crippen LogP contribution >= 0.6 is 11.8 Å². The number of phenols is 1. The third-order valence-electron chi connectivity index (χ3n) is 2.54. The summed E-state index contributed by atoms with van der Waals surface area (Å²) in [5.41, 5.74) is 1.89. The molecule has 124 valence electrons. The summed E-state index contributed by atoms with van der Waals surface area (Å²) < 4.78 is 38.6. The van der Waals surface area contributed by atoms with Gasteiger partial charge in [0.15, 0.2) is 16.7 Å². The zero-order chi connectivity index (χ0) is 17.6. The van der Waals surface area contributed by atoms with Gasteiger partial charge in [-0.05, 0) is 17.7 Å². The Bertz CT molecular complexity index is 787. The Morgan fingerprint density at radius 2 is 2.12 bits per heavy atom. The van der Waals surface area contributed by atoms with Gasteiger partial charge in [0.1, 0.15) is 5.75 Å². The van der Waals surface area contributed by atoms with Crippen LogP contribution in [0.15, 0.2) is 40.6 Å². The van der Waals surface area contributed by atoms with E-state index >= 15 is 0 Å². The maximum atomic E-state index is 12.9. The van der Waals surface area contributed by atoms with E-state index in [2.05, 4.69) is 26.4 Å². The lowest BCUT2D eigenvalue weighted by Gasteiger charge is -2.09. The largest absolute Gasteiger partial charge is 0.508 e. The van der Waals surface area contributed by atoms with Crippen LogP contribution in [0.2, 0.25) is 0 Å². The van der Waals surface area contributed by atoms with Crippen LogP contribution in [0.5, 0.6) is 5.75 Å². The number of nitrogens with one attached hydrogen (secondary N) is 1. The van der Waals surface area contributed by atoms with Crippen LogP contribution in [0.25, 0.3) is 0 Å². The van der Waals surface area contributed by atoms with Gasteiger partial charge in [-0.3, -0.25) is 5.43 Å². The molecular formula is C15H11F3N4OS. The van der Waals surface area contributed by atoms with Gasteiger partial charge in [-0.25, -0.2) is 9.97 Å². The molecular weight excluding hydrogens is 341 g/mol. The van der Waals surface area contributed by atoms with Gasteiger partial charge in [-0.15, -0.1) is 6.42 Å². The summed E-state index contributed by atoms with van der Waals surface area (Å²) in [5.74, 6) is 2.37. The molecule has 0 saturated heterocycles. The first-order valence-corrected chi connectivity index (χ1v) is 7.47. The van der Waals surface area contributed by atoms with E-state index in [1.165, 1.54) is 18.3 Å². The average Bonchev–Trinajstić information content (AvgIpc) is 2.52. The summed E-state index contributed by atoms with van der Waals surface area (Å²) >= 11 is 0.913. The SMILES string of the molecule is C#CCSc1nc(NN=Cc2cccc(O)c2)cc(C(F)(F)F)n1. The number of aromatic nitrogens is 2. The topological polar surface area (TPSA) is 70.4 Å². The smallest absolute Gasteiger partial charge is 0.433 e. The molecule has 0 aliphatic heterocycles. The summed E-state index contributed by atoms with van der Waals surface area (Å²) in [5, 5.41) is 13.0. The van der Waals surface area contributed by atoms with E-state index in [-0.39, 0.29) is 22.5 Å². The van der Waals surface area contributed by atoms with E-state index in [4.69, 9.17) is 6.42 Å². The van der Waals surface area contributed by atoms with Crippen LogP contribution < -0.4 is 5.43 Å². The van der Waals surface area contributed by atoms with Crippen molar-refractivity contribution in [2.75, 3.05) is 11.2 Å². The molecule has 0 saturated carbocycles. The lowest BCUT2D eigenvalue weighted by atomic mass is 10.2. The number of anilines is 1. The fraction of sp³-hybridized carbons (Fsp3) is 0.133. The van der Waals surface area contributed by atoms with Crippen molar-refractivity contribution in [3.63, 3.8) is 0 Å². The van der Waals surface area contributed by atoms with Crippen LogP contribution in [0, 0.1) is 12.3 Å². The van der Waals surface area contributed by atoms with Crippen molar-refractivity contribution in [2.45, 2.75) is 11.3 Å². The van der Waals surface area contributed by atoms with Crippen molar-refractivity contribution in [3.8, 4) is 18.1 Å². The number of rotatable bonds is 5. The van der Waals surface area contributed by atoms with Gasteiger partial charge in [-0.1, -0.05) is 29.8 Å². The monoisotopic (exact) mass is 352 g/mol. The van der Waals surface area contributed by atoms with Crippen LogP contribution in [-0.2, 0) is 6.18 Å². The van der Waals surface area contributed by atoms with E-state index in [9.17, 15) is 18.3 Å². The predicted molar refractivity (Wildman–Crippen MR) is 85.9 cm³/mol. The highest BCUT2D eigenvalue weighted by molar-refractivity contribution is 7.99. The van der Waals surface area contributed by atoms with Gasteiger partial charge in [0.25, 0.3) is 0 Å². The van der Waals surface area contributed by atoms with Gasteiger partial charge in [0, 0.05) is 6.07 Å². The summed E-state index contributed by atoms with van der Waals surface area (Å²) in [6.45, 7) is 0. The van der Waals surface area contributed by atoms with Crippen LogP contribution in [0.1, 0.15) is 11.3 Å². The van der Waals surface area contributed by atoms with Gasteiger partial charge >= 0.3 is 6.18 Å². The van der Waals surface area contributed by atoms with E-state index in [0.717, 1.165) is 17.8 Å². The molecule has 1 heterocycles. The molecule has 24 heavy (non-hydrogen) atoms. The maximum absolute atomic E-state index is 12.9. The number of hydrazone groups is 1. The minimum Gasteiger partial charge on any atom is -0.508 e. The second-order valence-electron chi connectivity index (χ2n) is 4.38. The van der Waals surface area contributed by atoms with Crippen molar-refractivity contribution in [2.24, 2.45) is 5.10 Å². The third-order valence-corrected chi connectivity index (χ3v) is 3.30. The Morgan fingerprint density at radius 3 is 2.79 bits per heavy atom. The number of terminal acetylenes is 1. The van der Waals surface area contributed by atoms with Crippen molar-refractivity contribution in [3.05, 3.63) is 41.6 Å². The number of phenolic OH excluding ortho intramolecular Hbond substituents is 1. The standard InChI is InChI=1S/C15H11F3N4OS/c1-2-6-24-14-20-12(15(16,17)18)8-13(21-14)22-19-9-10-4-3-5-11(23)7-10/h1,3-5,7-9,23H,6H2,(H,20,21,22). The summed E-state index contributed by atoms with van der Waals surface area (Å²) in [6.07, 6.45) is 1.81. The molecule has 2 N–H and O–H groups in total. The number of thioether (sulfide) groups is 1. The molecule has 9 heteroatoms. The average molecular weight is 352 g/mol. The molecule has 1 aromatic carbocycles. The highest BCUT2D eigenvalue weighted by Crippen LogP contribution is 2.30. The summed E-state index contributed by atoms with van der Waals surface area (Å²) in [6, 6.07) is 6.96. The lowest BCUT2D eigenvalue weighted by molar-refractivity contribution is -0.141. The number of halogens is 3. The van der Waals surface area contributed by atoms with E-state index < -0.39 is 11.9 Å². The number of hydrogen-bond acceptors (Lipinski definition) is 6. The Kier molecular flexibility index (Phi) is 5.65. The van der Waals surface area contributed by atoms with Gasteiger partial charge in [-0.2, -0.15) is 18.3 Å². The number of alkyl halides is 3. The molecule has 5 nitrogen and oxygen atoms in total. The van der Waals surface area contributed by atoms with Crippen molar-refractivity contribution in [1.82, 2.24) is 9.97 Å². The molecule has 0 aliphatic carbocycles. The first-order valence-electron chi connectivity index (χ1n) is 6.49. The van der Waals surface area contributed by atoms with Crippen LogP contribution in [-0.4, -0.2) is 27.0 Å². The zero-order valence-corrected chi connectivity index (χ0v) is 12.9. The minimum atomic E-state index is -4.61. The number of aromatic hydroxyl groups is 1. The van der Waals surface area contributed by atoms with Crippen molar-refractivity contribution < 1.29 is 18.3 Å². The zero-order valence-electron chi connectivity index (χ0n) is 12.1. The van der Waals surface area contributed by atoms with Gasteiger partial charge in [0.05, 0.1) is 12.0 Å². The van der Waals surface area contributed by atoms with Gasteiger partial charge < -0.3 is 5.11 Å². The molecule has 0 unspecified atom stereocenters. The molecule has 2 rings (SSSR count). The number of benzene rings is 1. The number of hydrogen-bond donors (Lipinski definition) is 2. The van der Waals surface area contributed by atoms with E-state index in [1.54, 1.807) is 12.1 Å². The molecule has 0 spiro atoms.